The molecule has 3 aromatic rings. The summed E-state index contributed by atoms with van der Waals surface area (Å²) in [6.07, 6.45) is 4.08. The third kappa shape index (κ3) is 5.75. The van der Waals surface area contributed by atoms with Gasteiger partial charge in [-0.05, 0) is 63.6 Å². The molecule has 12 heteroatoms. The van der Waals surface area contributed by atoms with E-state index in [1.54, 1.807) is 39.8 Å². The highest BCUT2D eigenvalue weighted by Gasteiger charge is 2.32. The van der Waals surface area contributed by atoms with Crippen molar-refractivity contribution in [1.82, 2.24) is 15.3 Å². The van der Waals surface area contributed by atoms with Crippen molar-refractivity contribution in [3.8, 4) is 17.0 Å². The molecule has 1 saturated heterocycles. The Morgan fingerprint density at radius 1 is 1.18 bits per heavy atom. The first-order valence-electron chi connectivity index (χ1n) is 13.1. The highest BCUT2D eigenvalue weighted by atomic mass is 35.5. The van der Waals surface area contributed by atoms with E-state index in [0.717, 1.165) is 12.8 Å². The second kappa shape index (κ2) is 11.1. The van der Waals surface area contributed by atoms with Crippen LogP contribution in [0.2, 0.25) is 5.02 Å². The van der Waals surface area contributed by atoms with Gasteiger partial charge in [-0.2, -0.15) is 0 Å². The number of carbonyl (C=O) groups excluding carboxylic acids is 2. The van der Waals surface area contributed by atoms with Gasteiger partial charge in [-0.25, -0.2) is 23.9 Å². The number of anilines is 2. The summed E-state index contributed by atoms with van der Waals surface area (Å²) in [5.41, 5.74) is 0.898. The summed E-state index contributed by atoms with van der Waals surface area (Å²) in [5.74, 6) is -0.118. The Labute approximate surface area is 236 Å². The standard InChI is InChI=1S/C28H31ClFN5O5/c1-15-19(12-32-25-24(15)35(7-9-39-25)27(37)40-28(2,3)4)18-10-16-11-21(31-13-20(16)22(29)23(18)30)34-26(36)33-17-6-5-8-38-14-17/h10-13,17H,5-9,14H2,1-4H3,(H2,31,33,34,36). The van der Waals surface area contributed by atoms with E-state index in [0.29, 0.717) is 40.8 Å². The van der Waals surface area contributed by atoms with Gasteiger partial charge in [-0.15, -0.1) is 0 Å². The lowest BCUT2D eigenvalue weighted by Gasteiger charge is -2.32. The quantitative estimate of drug-likeness (QED) is 0.406. The molecule has 1 atom stereocenters. The number of aromatic nitrogens is 2. The van der Waals surface area contributed by atoms with Crippen LogP contribution < -0.4 is 20.3 Å². The van der Waals surface area contributed by atoms with Gasteiger partial charge in [0.25, 0.3) is 0 Å². The maximum atomic E-state index is 15.7. The van der Waals surface area contributed by atoms with Gasteiger partial charge in [0.05, 0.1) is 24.2 Å². The Kier molecular flexibility index (Phi) is 7.70. The number of rotatable bonds is 3. The largest absolute Gasteiger partial charge is 0.474 e. The van der Waals surface area contributed by atoms with Gasteiger partial charge in [-0.1, -0.05) is 11.6 Å². The molecular formula is C28H31ClFN5O5. The molecule has 1 aromatic carbocycles. The Balaban J connectivity index is 1.49. The summed E-state index contributed by atoms with van der Waals surface area (Å²) in [6, 6.07) is 2.76. The molecule has 0 spiro atoms. The third-order valence-corrected chi connectivity index (χ3v) is 7.01. The van der Waals surface area contributed by atoms with Gasteiger partial charge in [0.15, 0.2) is 0 Å². The third-order valence-electron chi connectivity index (χ3n) is 6.64. The molecule has 2 aromatic heterocycles. The summed E-state index contributed by atoms with van der Waals surface area (Å²) >= 11 is 6.46. The fourth-order valence-electron chi connectivity index (χ4n) is 4.79. The van der Waals surface area contributed by atoms with Gasteiger partial charge >= 0.3 is 12.1 Å². The lowest BCUT2D eigenvalue weighted by molar-refractivity contribution is 0.0566. The van der Waals surface area contributed by atoms with Crippen molar-refractivity contribution in [1.29, 1.82) is 0 Å². The summed E-state index contributed by atoms with van der Waals surface area (Å²) in [5, 5.41) is 6.42. The number of fused-ring (bicyclic) bond motifs is 2. The normalized spacial score (nSPS) is 17.1. The van der Waals surface area contributed by atoms with Crippen molar-refractivity contribution in [2.45, 2.75) is 52.2 Å². The highest BCUT2D eigenvalue weighted by Crippen LogP contribution is 2.42. The molecule has 4 heterocycles. The predicted octanol–water partition coefficient (Wildman–Crippen LogP) is 5.83. The molecule has 3 amide bonds. The Morgan fingerprint density at radius 3 is 2.70 bits per heavy atom. The molecule has 40 heavy (non-hydrogen) atoms. The molecule has 0 bridgehead atoms. The molecule has 2 aliphatic heterocycles. The molecule has 0 radical (unpaired) electrons. The highest BCUT2D eigenvalue weighted by molar-refractivity contribution is 6.36. The van der Waals surface area contributed by atoms with Crippen molar-refractivity contribution in [2.24, 2.45) is 0 Å². The Hall–Kier alpha value is -3.70. The van der Waals surface area contributed by atoms with Crippen LogP contribution in [-0.2, 0) is 9.47 Å². The number of nitrogens with one attached hydrogen (secondary N) is 2. The van der Waals surface area contributed by atoms with E-state index >= 15 is 4.39 Å². The zero-order valence-electron chi connectivity index (χ0n) is 22.8. The number of pyridine rings is 2. The summed E-state index contributed by atoms with van der Waals surface area (Å²) in [6.45, 7) is 8.77. The molecule has 5 rings (SSSR count). The van der Waals surface area contributed by atoms with Gasteiger partial charge in [0.2, 0.25) is 5.88 Å². The Morgan fingerprint density at radius 2 is 1.98 bits per heavy atom. The molecule has 2 N–H and O–H groups in total. The second-order valence-corrected chi connectivity index (χ2v) is 11.2. The second-order valence-electron chi connectivity index (χ2n) is 10.8. The van der Waals surface area contributed by atoms with E-state index in [9.17, 15) is 9.59 Å². The minimum atomic E-state index is -0.701. The molecule has 212 valence electrons. The van der Waals surface area contributed by atoms with Crippen molar-refractivity contribution >= 4 is 46.0 Å². The van der Waals surface area contributed by atoms with Crippen LogP contribution in [0.5, 0.6) is 5.88 Å². The first kappa shape index (κ1) is 27.9. The topological polar surface area (TPSA) is 115 Å². The summed E-state index contributed by atoms with van der Waals surface area (Å²) < 4.78 is 32.3. The van der Waals surface area contributed by atoms with E-state index in [4.69, 9.17) is 25.8 Å². The number of amides is 3. The summed E-state index contributed by atoms with van der Waals surface area (Å²) in [4.78, 5) is 35.6. The average Bonchev–Trinajstić information content (AvgIpc) is 2.90. The number of halogens is 2. The van der Waals surface area contributed by atoms with Crippen LogP contribution in [0.15, 0.2) is 24.5 Å². The van der Waals surface area contributed by atoms with Crippen LogP contribution in [0.4, 0.5) is 25.5 Å². The molecule has 1 unspecified atom stereocenters. The van der Waals surface area contributed by atoms with Gasteiger partial charge < -0.3 is 19.5 Å². The van der Waals surface area contributed by atoms with Crippen molar-refractivity contribution < 1.29 is 28.2 Å². The van der Waals surface area contributed by atoms with Crippen LogP contribution in [0.25, 0.3) is 21.9 Å². The fraction of sp³-hybridized carbons (Fsp3) is 0.429. The molecule has 0 aliphatic carbocycles. The molecular weight excluding hydrogens is 541 g/mol. The SMILES string of the molecule is Cc1c(-c2cc3cc(NC(=O)NC4CCCOC4)ncc3c(Cl)c2F)cnc2c1N(C(=O)OC(C)(C)C)CCO2. The van der Waals surface area contributed by atoms with Crippen LogP contribution in [0, 0.1) is 12.7 Å². The molecule has 10 nitrogen and oxygen atoms in total. The Bertz CT molecular complexity index is 1470. The van der Waals surface area contributed by atoms with Crippen LogP contribution >= 0.6 is 11.6 Å². The van der Waals surface area contributed by atoms with Crippen LogP contribution in [0.3, 0.4) is 0 Å². The van der Waals surface area contributed by atoms with Gasteiger partial charge in [-0.3, -0.25) is 10.2 Å². The van der Waals surface area contributed by atoms with E-state index in [2.05, 4.69) is 20.6 Å². The van der Waals surface area contributed by atoms with Crippen molar-refractivity contribution in [3.63, 3.8) is 0 Å². The lowest BCUT2D eigenvalue weighted by Crippen LogP contribution is -2.42. The first-order chi connectivity index (χ1) is 19.0. The van der Waals surface area contributed by atoms with E-state index in [-0.39, 0.29) is 41.5 Å². The van der Waals surface area contributed by atoms with Gasteiger partial charge in [0.1, 0.15) is 29.5 Å². The van der Waals surface area contributed by atoms with Crippen molar-refractivity contribution in [2.75, 3.05) is 36.6 Å². The number of urea groups is 1. The fourth-order valence-corrected chi connectivity index (χ4v) is 5.05. The van der Waals surface area contributed by atoms with Crippen molar-refractivity contribution in [3.05, 3.63) is 40.9 Å². The maximum absolute atomic E-state index is 15.7. The molecule has 0 saturated carbocycles. The number of carbonyl (C=O) groups is 2. The predicted molar refractivity (Wildman–Crippen MR) is 150 cm³/mol. The number of benzene rings is 1. The van der Waals surface area contributed by atoms with E-state index in [1.165, 1.54) is 17.3 Å². The number of ether oxygens (including phenoxy) is 3. The number of hydrogen-bond acceptors (Lipinski definition) is 7. The van der Waals surface area contributed by atoms with Crippen LogP contribution in [0.1, 0.15) is 39.2 Å². The zero-order valence-corrected chi connectivity index (χ0v) is 23.5. The first-order valence-corrected chi connectivity index (χ1v) is 13.5. The molecule has 2 aliphatic rings. The minimum Gasteiger partial charge on any atom is -0.474 e. The summed E-state index contributed by atoms with van der Waals surface area (Å²) in [7, 11) is 0. The monoisotopic (exact) mass is 571 g/mol. The van der Waals surface area contributed by atoms with Crippen LogP contribution in [-0.4, -0.2) is 60.1 Å². The maximum Gasteiger partial charge on any atom is 0.415 e. The van der Waals surface area contributed by atoms with E-state index in [1.807, 2.05) is 0 Å². The molecule has 1 fully saturated rings. The number of hydrogen-bond donors (Lipinski definition) is 2. The van der Waals surface area contributed by atoms with E-state index < -0.39 is 23.5 Å². The zero-order chi connectivity index (χ0) is 28.6. The average molecular weight is 572 g/mol. The lowest BCUT2D eigenvalue weighted by atomic mass is 9.97. The number of nitrogens with zero attached hydrogens (tertiary/aromatic N) is 3. The minimum absolute atomic E-state index is 0.0759. The van der Waals surface area contributed by atoms with Gasteiger partial charge in [0, 0.05) is 35.5 Å². The smallest absolute Gasteiger partial charge is 0.415 e.